The summed E-state index contributed by atoms with van der Waals surface area (Å²) < 4.78 is 48.3. The highest BCUT2D eigenvalue weighted by Crippen LogP contribution is 2.46. The molecule has 3 aromatic heterocycles. The lowest BCUT2D eigenvalue weighted by molar-refractivity contribution is 0.0221. The molecular weight excluding hydrogens is 491 g/mol. The first kappa shape index (κ1) is 22.8. The molecule has 6 rings (SSSR count). The number of aromatic amines is 1. The van der Waals surface area contributed by atoms with Crippen LogP contribution in [0.3, 0.4) is 0 Å². The largest absolute Gasteiger partial charge is 0.421 e. The minimum absolute atomic E-state index is 0.0296. The monoisotopic (exact) mass is 514 g/mol. The number of nitrogens with two attached hydrogens (primary N) is 1. The SMILES string of the molecule is CNc1cc(F)cc2c1[nH]c1nc(Oc3cnc(C)nc3)nc(N3CC4CC(OS(N)(=O)=O)C4C3)c12. The highest BCUT2D eigenvalue weighted by atomic mass is 32.2. The summed E-state index contributed by atoms with van der Waals surface area (Å²) in [5.74, 6) is 1.29. The zero-order valence-corrected chi connectivity index (χ0v) is 20.2. The van der Waals surface area contributed by atoms with Gasteiger partial charge in [0.25, 0.3) is 0 Å². The molecule has 36 heavy (non-hydrogen) atoms. The summed E-state index contributed by atoms with van der Waals surface area (Å²) in [6.07, 6.45) is 3.15. The van der Waals surface area contributed by atoms with Gasteiger partial charge in [-0.05, 0) is 31.4 Å². The fraction of sp³-hybridized carbons (Fsp3) is 0.364. The highest BCUT2D eigenvalue weighted by molar-refractivity contribution is 7.84. The highest BCUT2D eigenvalue weighted by Gasteiger charge is 2.50. The van der Waals surface area contributed by atoms with Gasteiger partial charge >= 0.3 is 16.3 Å². The lowest BCUT2D eigenvalue weighted by Gasteiger charge is -2.37. The van der Waals surface area contributed by atoms with E-state index < -0.39 is 22.2 Å². The number of nitrogens with zero attached hydrogens (tertiary/aromatic N) is 5. The standard InChI is InChI=1S/C22H23FN8O4S/c1-10-26-6-13(7-27-10)34-22-29-20-18(14-4-12(23)5-16(25-2)19(14)28-20)21(30-22)31-8-11-3-17(15(11)9-31)35-36(24,32)33/h4-7,11,15,17,25H,3,8-9H2,1-2H3,(H2,24,32,33)(H,28,29,30). The number of fused-ring (bicyclic) bond motifs is 4. The number of ether oxygens (including phenoxy) is 1. The molecule has 3 unspecified atom stereocenters. The molecule has 188 valence electrons. The normalized spacial score (nSPS) is 21.6. The van der Waals surface area contributed by atoms with Gasteiger partial charge in [0.1, 0.15) is 23.1 Å². The van der Waals surface area contributed by atoms with Gasteiger partial charge in [-0.2, -0.15) is 18.4 Å². The van der Waals surface area contributed by atoms with E-state index >= 15 is 0 Å². The molecule has 2 aliphatic rings. The summed E-state index contributed by atoms with van der Waals surface area (Å²) >= 11 is 0. The van der Waals surface area contributed by atoms with Crippen LogP contribution in [0.15, 0.2) is 24.5 Å². The Morgan fingerprint density at radius 2 is 2.00 bits per heavy atom. The molecule has 4 N–H and O–H groups in total. The molecule has 0 spiro atoms. The molecule has 1 aliphatic heterocycles. The van der Waals surface area contributed by atoms with E-state index in [2.05, 4.69) is 25.3 Å². The Hall–Kier alpha value is -3.62. The van der Waals surface area contributed by atoms with E-state index in [1.165, 1.54) is 24.5 Å². The maximum atomic E-state index is 14.5. The van der Waals surface area contributed by atoms with Crippen molar-refractivity contribution in [2.45, 2.75) is 19.4 Å². The molecule has 4 heterocycles. The van der Waals surface area contributed by atoms with E-state index in [1.807, 2.05) is 4.90 Å². The molecule has 12 nitrogen and oxygen atoms in total. The van der Waals surface area contributed by atoms with Crippen LogP contribution in [0.25, 0.3) is 21.9 Å². The molecule has 1 saturated carbocycles. The van der Waals surface area contributed by atoms with Gasteiger partial charge in [-0.25, -0.2) is 19.5 Å². The summed E-state index contributed by atoms with van der Waals surface area (Å²) in [5, 5.41) is 9.35. The number of hydrogen-bond acceptors (Lipinski definition) is 10. The first-order valence-electron chi connectivity index (χ1n) is 11.3. The average molecular weight is 515 g/mol. The van der Waals surface area contributed by atoms with E-state index in [4.69, 9.17) is 19.0 Å². The Morgan fingerprint density at radius 1 is 1.22 bits per heavy atom. The van der Waals surface area contributed by atoms with Crippen LogP contribution in [0.1, 0.15) is 12.2 Å². The lowest BCUT2D eigenvalue weighted by atomic mass is 9.74. The fourth-order valence-electron chi connectivity index (χ4n) is 5.14. The number of benzene rings is 1. The van der Waals surface area contributed by atoms with Crippen LogP contribution in [0.4, 0.5) is 15.9 Å². The Balaban J connectivity index is 1.45. The number of nitrogens with one attached hydrogen (secondary N) is 2. The summed E-state index contributed by atoms with van der Waals surface area (Å²) in [7, 11) is -2.34. The van der Waals surface area contributed by atoms with Gasteiger partial charge in [0.05, 0.1) is 35.1 Å². The third-order valence-corrected chi connectivity index (χ3v) is 7.30. The second-order valence-electron chi connectivity index (χ2n) is 9.06. The molecule has 2 fully saturated rings. The van der Waals surface area contributed by atoms with Gasteiger partial charge in [0.2, 0.25) is 0 Å². The van der Waals surface area contributed by atoms with Crippen molar-refractivity contribution in [3.8, 4) is 11.8 Å². The van der Waals surface area contributed by atoms with E-state index in [0.29, 0.717) is 64.5 Å². The van der Waals surface area contributed by atoms with E-state index in [1.54, 1.807) is 14.0 Å². The minimum Gasteiger partial charge on any atom is -0.421 e. The van der Waals surface area contributed by atoms with Crippen molar-refractivity contribution in [1.82, 2.24) is 24.9 Å². The first-order chi connectivity index (χ1) is 17.2. The van der Waals surface area contributed by atoms with Gasteiger partial charge in [0.15, 0.2) is 5.75 Å². The van der Waals surface area contributed by atoms with Gasteiger partial charge < -0.3 is 19.9 Å². The average Bonchev–Trinajstić information content (AvgIpc) is 3.35. The molecule has 0 amide bonds. The third kappa shape index (κ3) is 3.96. The quantitative estimate of drug-likeness (QED) is 0.348. The smallest absolute Gasteiger partial charge is 0.333 e. The Kier molecular flexibility index (Phi) is 5.21. The van der Waals surface area contributed by atoms with Crippen LogP contribution in [-0.2, 0) is 14.5 Å². The first-order valence-corrected chi connectivity index (χ1v) is 12.8. The summed E-state index contributed by atoms with van der Waals surface area (Å²) in [6, 6.07) is 2.91. The van der Waals surface area contributed by atoms with Crippen LogP contribution >= 0.6 is 0 Å². The maximum Gasteiger partial charge on any atom is 0.333 e. The van der Waals surface area contributed by atoms with E-state index in [-0.39, 0.29) is 17.8 Å². The van der Waals surface area contributed by atoms with Crippen molar-refractivity contribution in [3.63, 3.8) is 0 Å². The zero-order chi connectivity index (χ0) is 25.2. The van der Waals surface area contributed by atoms with Crippen LogP contribution in [0.5, 0.6) is 11.8 Å². The van der Waals surface area contributed by atoms with Gasteiger partial charge in [-0.1, -0.05) is 0 Å². The lowest BCUT2D eigenvalue weighted by Crippen LogP contribution is -2.44. The molecule has 1 aliphatic carbocycles. The Bertz CT molecular complexity index is 1590. The number of hydrogen-bond donors (Lipinski definition) is 3. The van der Waals surface area contributed by atoms with E-state index in [9.17, 15) is 12.8 Å². The zero-order valence-electron chi connectivity index (χ0n) is 19.4. The second-order valence-corrected chi connectivity index (χ2v) is 10.2. The molecule has 0 bridgehead atoms. The number of anilines is 2. The van der Waals surface area contributed by atoms with E-state index in [0.717, 1.165) is 0 Å². The molecular formula is C22H23FN8O4S. The summed E-state index contributed by atoms with van der Waals surface area (Å²) in [6.45, 7) is 2.88. The van der Waals surface area contributed by atoms with Crippen molar-refractivity contribution >= 4 is 43.7 Å². The fourth-order valence-corrected chi connectivity index (χ4v) is 5.70. The van der Waals surface area contributed by atoms with Crippen molar-refractivity contribution in [2.24, 2.45) is 17.0 Å². The molecule has 14 heteroatoms. The van der Waals surface area contributed by atoms with Crippen LogP contribution < -0.4 is 20.1 Å². The van der Waals surface area contributed by atoms with Crippen molar-refractivity contribution in [1.29, 1.82) is 0 Å². The summed E-state index contributed by atoms with van der Waals surface area (Å²) in [4.78, 5) is 22.8. The van der Waals surface area contributed by atoms with Crippen molar-refractivity contribution in [2.75, 3.05) is 30.4 Å². The van der Waals surface area contributed by atoms with Crippen LogP contribution in [-0.4, -0.2) is 59.6 Å². The van der Waals surface area contributed by atoms with Gasteiger partial charge in [0, 0.05) is 31.4 Å². The maximum absolute atomic E-state index is 14.5. The number of H-pyrrole nitrogens is 1. The number of halogens is 1. The minimum atomic E-state index is -4.05. The topological polar surface area (TPSA) is 161 Å². The van der Waals surface area contributed by atoms with Gasteiger partial charge in [-0.15, -0.1) is 0 Å². The third-order valence-electron chi connectivity index (χ3n) is 6.78. The Labute approximate surface area is 205 Å². The predicted molar refractivity (Wildman–Crippen MR) is 130 cm³/mol. The Morgan fingerprint density at radius 3 is 2.72 bits per heavy atom. The molecule has 0 radical (unpaired) electrons. The molecule has 3 atom stereocenters. The van der Waals surface area contributed by atoms with Crippen LogP contribution in [0, 0.1) is 24.6 Å². The van der Waals surface area contributed by atoms with Crippen molar-refractivity contribution < 1.29 is 21.7 Å². The second kappa shape index (κ2) is 8.21. The molecule has 1 aromatic carbocycles. The summed E-state index contributed by atoms with van der Waals surface area (Å²) in [5.41, 5.74) is 1.72. The number of aryl methyl sites for hydroxylation is 1. The van der Waals surface area contributed by atoms with Gasteiger partial charge in [-0.3, -0.25) is 4.18 Å². The number of rotatable bonds is 6. The molecule has 1 saturated heterocycles. The van der Waals surface area contributed by atoms with Crippen LogP contribution in [0.2, 0.25) is 0 Å². The predicted octanol–water partition coefficient (Wildman–Crippen LogP) is 2.23. The number of aromatic nitrogens is 5. The van der Waals surface area contributed by atoms with Crippen molar-refractivity contribution in [3.05, 3.63) is 36.2 Å². The molecule has 4 aromatic rings.